The number of halogens is 1. The van der Waals surface area contributed by atoms with E-state index in [1.807, 2.05) is 0 Å². The highest BCUT2D eigenvalue weighted by atomic mass is 19.1. The topological polar surface area (TPSA) is 32.3 Å². The summed E-state index contributed by atoms with van der Waals surface area (Å²) in [7, 11) is 0. The molecular formula is C6H12FNO. The molecule has 2 atom stereocenters. The fourth-order valence-electron chi connectivity index (χ4n) is 1.11. The van der Waals surface area contributed by atoms with Gasteiger partial charge in [-0.15, -0.1) is 0 Å². The lowest BCUT2D eigenvalue weighted by Crippen LogP contribution is -2.38. The Bertz CT molecular complexity index is 89.1. The van der Waals surface area contributed by atoms with Crippen molar-refractivity contribution >= 4 is 0 Å². The van der Waals surface area contributed by atoms with Crippen molar-refractivity contribution in [1.29, 1.82) is 0 Å². The Labute approximate surface area is 54.1 Å². The molecule has 1 rings (SSSR count). The zero-order valence-electron chi connectivity index (χ0n) is 5.31. The second-order valence-electron chi connectivity index (χ2n) is 2.54. The number of aliphatic hydroxyl groups is 1. The molecule has 2 nitrogen and oxygen atoms in total. The first-order valence-electron chi connectivity index (χ1n) is 3.28. The molecule has 2 N–H and O–H groups in total. The number of hydrogen-bond donors (Lipinski definition) is 2. The van der Waals surface area contributed by atoms with Crippen LogP contribution in [0, 0.1) is 5.92 Å². The summed E-state index contributed by atoms with van der Waals surface area (Å²) in [4.78, 5) is 0. The minimum Gasteiger partial charge on any atom is -0.396 e. The van der Waals surface area contributed by atoms with E-state index in [4.69, 9.17) is 5.11 Å². The van der Waals surface area contributed by atoms with Crippen LogP contribution in [-0.2, 0) is 0 Å². The van der Waals surface area contributed by atoms with E-state index in [0.29, 0.717) is 13.0 Å². The molecule has 1 aliphatic rings. The summed E-state index contributed by atoms with van der Waals surface area (Å²) in [6.45, 7) is 1.32. The minimum atomic E-state index is -0.754. The quantitative estimate of drug-likeness (QED) is 0.524. The van der Waals surface area contributed by atoms with Crippen LogP contribution in [0.2, 0.25) is 0 Å². The molecule has 0 radical (unpaired) electrons. The van der Waals surface area contributed by atoms with Crippen molar-refractivity contribution in [3.63, 3.8) is 0 Å². The summed E-state index contributed by atoms with van der Waals surface area (Å²) < 4.78 is 12.4. The summed E-state index contributed by atoms with van der Waals surface area (Å²) in [5.74, 6) is 0.133. The third-order valence-corrected chi connectivity index (χ3v) is 1.65. The van der Waals surface area contributed by atoms with E-state index in [1.54, 1.807) is 0 Å². The normalized spacial score (nSPS) is 36.7. The average molecular weight is 133 g/mol. The Morgan fingerprint density at radius 1 is 1.56 bits per heavy atom. The molecule has 0 spiro atoms. The van der Waals surface area contributed by atoms with E-state index in [-0.39, 0.29) is 12.5 Å². The van der Waals surface area contributed by atoms with Gasteiger partial charge < -0.3 is 10.4 Å². The molecule has 1 aliphatic heterocycles. The Morgan fingerprint density at radius 2 is 2.33 bits per heavy atom. The smallest absolute Gasteiger partial charge is 0.113 e. The molecule has 1 heterocycles. The molecule has 0 saturated carbocycles. The highest BCUT2D eigenvalue weighted by Gasteiger charge is 2.19. The predicted octanol–water partition coefficient (Wildman–Crippen LogP) is -0.0737. The largest absolute Gasteiger partial charge is 0.396 e. The van der Waals surface area contributed by atoms with Gasteiger partial charge in [-0.3, -0.25) is 0 Å². The van der Waals surface area contributed by atoms with Crippen molar-refractivity contribution in [3.8, 4) is 0 Å². The third kappa shape index (κ3) is 1.91. The van der Waals surface area contributed by atoms with Gasteiger partial charge in [-0.2, -0.15) is 0 Å². The van der Waals surface area contributed by atoms with Gasteiger partial charge >= 0.3 is 0 Å². The molecule has 0 amide bonds. The molecule has 0 unspecified atom stereocenters. The molecule has 1 saturated heterocycles. The van der Waals surface area contributed by atoms with Crippen LogP contribution < -0.4 is 5.32 Å². The molecule has 0 aromatic rings. The molecule has 0 aromatic carbocycles. The highest BCUT2D eigenvalue weighted by molar-refractivity contribution is 4.74. The van der Waals surface area contributed by atoms with E-state index >= 15 is 0 Å². The van der Waals surface area contributed by atoms with Gasteiger partial charge in [0.25, 0.3) is 0 Å². The Kier molecular flexibility index (Phi) is 2.42. The molecular weight excluding hydrogens is 121 g/mol. The van der Waals surface area contributed by atoms with Crippen LogP contribution in [0.25, 0.3) is 0 Å². The first-order valence-corrected chi connectivity index (χ1v) is 3.28. The predicted molar refractivity (Wildman–Crippen MR) is 33.0 cm³/mol. The maximum Gasteiger partial charge on any atom is 0.113 e. The summed E-state index contributed by atoms with van der Waals surface area (Å²) in [5.41, 5.74) is 0. The zero-order chi connectivity index (χ0) is 6.69. The van der Waals surface area contributed by atoms with Crippen LogP contribution >= 0.6 is 0 Å². The Hall–Kier alpha value is -0.150. The second-order valence-corrected chi connectivity index (χ2v) is 2.54. The fraction of sp³-hybridized carbons (Fsp3) is 1.00. The Morgan fingerprint density at radius 3 is 2.78 bits per heavy atom. The maximum absolute atomic E-state index is 12.4. The number of nitrogens with one attached hydrogen (secondary N) is 1. The minimum absolute atomic E-state index is 0.105. The third-order valence-electron chi connectivity index (χ3n) is 1.65. The van der Waals surface area contributed by atoms with Gasteiger partial charge in [0.05, 0.1) is 0 Å². The molecule has 54 valence electrons. The van der Waals surface area contributed by atoms with Gasteiger partial charge in [0, 0.05) is 19.7 Å². The molecule has 0 aromatic heterocycles. The lowest BCUT2D eigenvalue weighted by atomic mass is 10.00. The van der Waals surface area contributed by atoms with E-state index in [1.165, 1.54) is 0 Å². The highest BCUT2D eigenvalue weighted by Crippen LogP contribution is 2.11. The van der Waals surface area contributed by atoms with Crippen LogP contribution in [-0.4, -0.2) is 31.0 Å². The SMILES string of the molecule is OC[C@@H]1CNC[C@H](F)C1. The van der Waals surface area contributed by atoms with Crippen LogP contribution in [0.15, 0.2) is 0 Å². The van der Waals surface area contributed by atoms with Crippen LogP contribution in [0.5, 0.6) is 0 Å². The molecule has 3 heteroatoms. The van der Waals surface area contributed by atoms with Gasteiger partial charge in [-0.1, -0.05) is 0 Å². The second kappa shape index (κ2) is 3.13. The molecule has 0 bridgehead atoms. The van der Waals surface area contributed by atoms with E-state index < -0.39 is 6.17 Å². The maximum atomic E-state index is 12.4. The van der Waals surface area contributed by atoms with Gasteiger partial charge in [0.15, 0.2) is 0 Å². The number of piperidine rings is 1. The van der Waals surface area contributed by atoms with E-state index in [9.17, 15) is 4.39 Å². The average Bonchev–Trinajstić information content (AvgIpc) is 1.88. The zero-order valence-corrected chi connectivity index (χ0v) is 5.31. The van der Waals surface area contributed by atoms with Crippen molar-refractivity contribution in [2.45, 2.75) is 12.6 Å². The number of hydrogen-bond acceptors (Lipinski definition) is 2. The number of alkyl halides is 1. The summed E-state index contributed by atoms with van der Waals surface area (Å²) in [6.07, 6.45) is -0.236. The molecule has 9 heavy (non-hydrogen) atoms. The van der Waals surface area contributed by atoms with Crippen molar-refractivity contribution in [3.05, 3.63) is 0 Å². The first kappa shape index (κ1) is 6.96. The summed E-state index contributed by atoms with van der Waals surface area (Å²) >= 11 is 0. The molecule has 0 aliphatic carbocycles. The number of aliphatic hydroxyl groups excluding tert-OH is 1. The standard InChI is InChI=1S/C6H12FNO/c7-6-1-5(4-9)2-8-3-6/h5-6,8-9H,1-4H2/t5-,6+/m0/s1. The first-order chi connectivity index (χ1) is 4.33. The Balaban J connectivity index is 2.23. The van der Waals surface area contributed by atoms with Gasteiger partial charge in [0.1, 0.15) is 6.17 Å². The van der Waals surface area contributed by atoms with E-state index in [0.717, 1.165) is 6.54 Å². The van der Waals surface area contributed by atoms with Gasteiger partial charge in [-0.05, 0) is 12.3 Å². The number of rotatable bonds is 1. The lowest BCUT2D eigenvalue weighted by molar-refractivity contribution is 0.148. The van der Waals surface area contributed by atoms with Crippen molar-refractivity contribution in [1.82, 2.24) is 5.32 Å². The summed E-state index contributed by atoms with van der Waals surface area (Å²) in [5, 5.41) is 11.5. The van der Waals surface area contributed by atoms with Crippen LogP contribution in [0.4, 0.5) is 4.39 Å². The molecule has 1 fully saturated rings. The van der Waals surface area contributed by atoms with Crippen LogP contribution in [0.1, 0.15) is 6.42 Å². The van der Waals surface area contributed by atoms with Crippen molar-refractivity contribution in [2.24, 2.45) is 5.92 Å². The fourth-order valence-corrected chi connectivity index (χ4v) is 1.11. The summed E-state index contributed by atoms with van der Waals surface area (Å²) in [6, 6.07) is 0. The van der Waals surface area contributed by atoms with Gasteiger partial charge in [-0.25, -0.2) is 4.39 Å². The van der Waals surface area contributed by atoms with Crippen LogP contribution in [0.3, 0.4) is 0 Å². The van der Waals surface area contributed by atoms with E-state index in [2.05, 4.69) is 5.32 Å². The van der Waals surface area contributed by atoms with Gasteiger partial charge in [0.2, 0.25) is 0 Å². The monoisotopic (exact) mass is 133 g/mol. The van der Waals surface area contributed by atoms with Crippen molar-refractivity contribution < 1.29 is 9.50 Å². The van der Waals surface area contributed by atoms with Crippen molar-refractivity contribution in [2.75, 3.05) is 19.7 Å². The lowest BCUT2D eigenvalue weighted by Gasteiger charge is -2.23.